The number of nitrogens with zero attached hydrogens (tertiary/aromatic N) is 2. The summed E-state index contributed by atoms with van der Waals surface area (Å²) in [6.45, 7) is 6.84. The van der Waals surface area contributed by atoms with Gasteiger partial charge in [-0.05, 0) is 46.2 Å². The molecule has 0 radical (unpaired) electrons. The van der Waals surface area contributed by atoms with E-state index >= 15 is 0 Å². The molecular formula is C14H22N2O3. The second kappa shape index (κ2) is 5.74. The standard InChI is InChI=1S/C14H22N2O3/c1-10(11(2)14(18)19)13(17)16-8-5-12(9-16)15-6-3-4-7-15/h12H,3-9H2,1-2H3,(H,18,19). The summed E-state index contributed by atoms with van der Waals surface area (Å²) < 4.78 is 0. The van der Waals surface area contributed by atoms with Crippen LogP contribution in [0.5, 0.6) is 0 Å². The highest BCUT2D eigenvalue weighted by Crippen LogP contribution is 2.22. The molecule has 2 aliphatic rings. The lowest BCUT2D eigenvalue weighted by Gasteiger charge is -2.23. The average molecular weight is 266 g/mol. The van der Waals surface area contributed by atoms with Gasteiger partial charge in [-0.3, -0.25) is 9.69 Å². The van der Waals surface area contributed by atoms with Crippen LogP contribution in [0.2, 0.25) is 0 Å². The first-order valence-electron chi connectivity index (χ1n) is 6.95. The quantitative estimate of drug-likeness (QED) is 0.777. The van der Waals surface area contributed by atoms with Gasteiger partial charge in [0.2, 0.25) is 5.91 Å². The molecule has 1 amide bonds. The van der Waals surface area contributed by atoms with Gasteiger partial charge in [-0.2, -0.15) is 0 Å². The van der Waals surface area contributed by atoms with Crippen LogP contribution in [0.15, 0.2) is 11.1 Å². The molecule has 1 atom stereocenters. The zero-order valence-electron chi connectivity index (χ0n) is 11.7. The lowest BCUT2D eigenvalue weighted by molar-refractivity contribution is -0.133. The fourth-order valence-corrected chi connectivity index (χ4v) is 2.89. The van der Waals surface area contributed by atoms with Crippen LogP contribution in [0, 0.1) is 0 Å². The minimum Gasteiger partial charge on any atom is -0.478 e. The maximum atomic E-state index is 12.2. The third kappa shape index (κ3) is 2.97. The maximum Gasteiger partial charge on any atom is 0.331 e. The summed E-state index contributed by atoms with van der Waals surface area (Å²) in [5.41, 5.74) is 0.504. The molecule has 0 aromatic heterocycles. The van der Waals surface area contributed by atoms with E-state index in [0.29, 0.717) is 11.6 Å². The van der Waals surface area contributed by atoms with Gasteiger partial charge in [0.1, 0.15) is 0 Å². The molecule has 1 N–H and O–H groups in total. The fourth-order valence-electron chi connectivity index (χ4n) is 2.89. The van der Waals surface area contributed by atoms with Crippen molar-refractivity contribution in [1.29, 1.82) is 0 Å². The molecule has 19 heavy (non-hydrogen) atoms. The number of rotatable bonds is 3. The van der Waals surface area contributed by atoms with E-state index in [2.05, 4.69) is 4.90 Å². The minimum absolute atomic E-state index is 0.124. The zero-order valence-corrected chi connectivity index (χ0v) is 11.7. The van der Waals surface area contributed by atoms with Crippen molar-refractivity contribution in [3.63, 3.8) is 0 Å². The summed E-state index contributed by atoms with van der Waals surface area (Å²) in [6, 6.07) is 0.462. The number of likely N-dealkylation sites (tertiary alicyclic amines) is 2. The molecule has 2 rings (SSSR count). The third-order valence-corrected chi connectivity index (χ3v) is 4.31. The summed E-state index contributed by atoms with van der Waals surface area (Å²) in [5.74, 6) is -1.14. The fraction of sp³-hybridized carbons (Fsp3) is 0.714. The number of carbonyl (C=O) groups is 2. The molecule has 2 saturated heterocycles. The summed E-state index contributed by atoms with van der Waals surface area (Å²) in [4.78, 5) is 27.4. The van der Waals surface area contributed by atoms with Crippen molar-refractivity contribution in [3.8, 4) is 0 Å². The third-order valence-electron chi connectivity index (χ3n) is 4.31. The molecule has 0 aromatic carbocycles. The van der Waals surface area contributed by atoms with Gasteiger partial charge in [0.25, 0.3) is 0 Å². The van der Waals surface area contributed by atoms with Crippen molar-refractivity contribution in [3.05, 3.63) is 11.1 Å². The Labute approximate surface area is 113 Å². The number of carboxylic acids is 1. The van der Waals surface area contributed by atoms with Crippen molar-refractivity contribution in [2.24, 2.45) is 0 Å². The number of amides is 1. The predicted molar refractivity (Wildman–Crippen MR) is 71.8 cm³/mol. The van der Waals surface area contributed by atoms with E-state index < -0.39 is 5.97 Å². The largest absolute Gasteiger partial charge is 0.478 e. The van der Waals surface area contributed by atoms with Crippen molar-refractivity contribution in [1.82, 2.24) is 9.80 Å². The lowest BCUT2D eigenvalue weighted by Crippen LogP contribution is -2.37. The van der Waals surface area contributed by atoms with E-state index in [9.17, 15) is 9.59 Å². The van der Waals surface area contributed by atoms with E-state index in [1.54, 1.807) is 11.8 Å². The Morgan fingerprint density at radius 2 is 1.68 bits per heavy atom. The van der Waals surface area contributed by atoms with Crippen LogP contribution in [0.25, 0.3) is 0 Å². The Morgan fingerprint density at radius 3 is 2.26 bits per heavy atom. The van der Waals surface area contributed by atoms with Crippen LogP contribution in [0.4, 0.5) is 0 Å². The van der Waals surface area contributed by atoms with Gasteiger partial charge >= 0.3 is 5.97 Å². The smallest absolute Gasteiger partial charge is 0.331 e. The van der Waals surface area contributed by atoms with Gasteiger partial charge in [0.15, 0.2) is 0 Å². The van der Waals surface area contributed by atoms with Gasteiger partial charge < -0.3 is 10.0 Å². The number of hydrogen-bond acceptors (Lipinski definition) is 3. The molecular weight excluding hydrogens is 244 g/mol. The number of aliphatic carboxylic acids is 1. The van der Waals surface area contributed by atoms with Crippen molar-refractivity contribution in [2.45, 2.75) is 39.2 Å². The van der Waals surface area contributed by atoms with E-state index in [1.807, 2.05) is 0 Å². The second-order valence-electron chi connectivity index (χ2n) is 5.49. The van der Waals surface area contributed by atoms with Crippen molar-refractivity contribution < 1.29 is 14.7 Å². The van der Waals surface area contributed by atoms with Crippen LogP contribution < -0.4 is 0 Å². The molecule has 0 aromatic rings. The molecule has 2 fully saturated rings. The van der Waals surface area contributed by atoms with E-state index in [4.69, 9.17) is 5.11 Å². The Morgan fingerprint density at radius 1 is 1.05 bits per heavy atom. The number of carbonyl (C=O) groups excluding carboxylic acids is 1. The van der Waals surface area contributed by atoms with Crippen molar-refractivity contribution in [2.75, 3.05) is 26.2 Å². The highest BCUT2D eigenvalue weighted by Gasteiger charge is 2.32. The van der Waals surface area contributed by atoms with Gasteiger partial charge in [0, 0.05) is 30.3 Å². The average Bonchev–Trinajstić information content (AvgIpc) is 3.05. The van der Waals surface area contributed by atoms with Crippen LogP contribution in [-0.2, 0) is 9.59 Å². The molecule has 2 aliphatic heterocycles. The highest BCUT2D eigenvalue weighted by molar-refractivity contribution is 6.01. The van der Waals surface area contributed by atoms with Gasteiger partial charge in [-0.15, -0.1) is 0 Å². The van der Waals surface area contributed by atoms with Crippen LogP contribution in [0.3, 0.4) is 0 Å². The first kappa shape index (κ1) is 14.1. The summed E-state index contributed by atoms with van der Waals surface area (Å²) >= 11 is 0. The van der Waals surface area contributed by atoms with E-state index in [1.165, 1.54) is 19.8 Å². The monoisotopic (exact) mass is 266 g/mol. The minimum atomic E-state index is -1.01. The Hall–Kier alpha value is -1.36. The van der Waals surface area contributed by atoms with Crippen LogP contribution >= 0.6 is 0 Å². The Kier molecular flexibility index (Phi) is 4.24. The predicted octanol–water partition coefficient (Wildman–Crippen LogP) is 1.10. The Bertz CT molecular complexity index is 411. The summed E-state index contributed by atoms with van der Waals surface area (Å²) in [7, 11) is 0. The van der Waals surface area contributed by atoms with Gasteiger partial charge in [-0.1, -0.05) is 0 Å². The molecule has 106 valence electrons. The lowest BCUT2D eigenvalue weighted by atomic mass is 10.1. The summed E-state index contributed by atoms with van der Waals surface area (Å²) in [5, 5.41) is 8.93. The number of hydrogen-bond donors (Lipinski definition) is 1. The topological polar surface area (TPSA) is 60.9 Å². The zero-order chi connectivity index (χ0) is 14.0. The molecule has 0 aliphatic carbocycles. The van der Waals surface area contributed by atoms with Gasteiger partial charge in [0.05, 0.1) is 0 Å². The molecule has 2 heterocycles. The van der Waals surface area contributed by atoms with E-state index in [-0.39, 0.29) is 11.5 Å². The molecule has 5 nitrogen and oxygen atoms in total. The normalized spacial score (nSPS) is 25.6. The molecule has 0 spiro atoms. The van der Waals surface area contributed by atoms with Gasteiger partial charge in [-0.25, -0.2) is 4.79 Å². The first-order valence-corrected chi connectivity index (χ1v) is 6.95. The van der Waals surface area contributed by atoms with E-state index in [0.717, 1.165) is 32.6 Å². The first-order chi connectivity index (χ1) is 9.00. The Balaban J connectivity index is 1.98. The van der Waals surface area contributed by atoms with Crippen molar-refractivity contribution >= 4 is 11.9 Å². The highest BCUT2D eigenvalue weighted by atomic mass is 16.4. The van der Waals surface area contributed by atoms with Crippen LogP contribution in [0.1, 0.15) is 33.1 Å². The summed E-state index contributed by atoms with van der Waals surface area (Å²) in [6.07, 6.45) is 3.51. The number of carboxylic acid groups (broad SMARTS) is 1. The second-order valence-corrected chi connectivity index (χ2v) is 5.49. The molecule has 5 heteroatoms. The van der Waals surface area contributed by atoms with Crippen LogP contribution in [-0.4, -0.2) is 59.0 Å². The maximum absolute atomic E-state index is 12.2. The molecule has 0 bridgehead atoms. The SMILES string of the molecule is CC(C(=O)O)=C(C)C(=O)N1CCC(N2CCCC2)C1. The molecule has 1 unspecified atom stereocenters. The molecule has 0 saturated carbocycles.